The maximum Gasteiger partial charge on any atom is 0.278 e. The highest BCUT2D eigenvalue weighted by Gasteiger charge is 2.17. The van der Waals surface area contributed by atoms with E-state index in [9.17, 15) is 8.42 Å². The fraction of sp³-hybridized carbons (Fsp3) is 0.308. The Morgan fingerprint density at radius 1 is 1.25 bits per heavy atom. The predicted octanol–water partition coefficient (Wildman–Crippen LogP) is 1.89. The number of benzene rings is 1. The fourth-order valence-electron chi connectivity index (χ4n) is 1.78. The lowest BCUT2D eigenvalue weighted by Gasteiger charge is -2.15. The Hall–Kier alpha value is -2.02. The van der Waals surface area contributed by atoms with Crippen LogP contribution in [0, 0.1) is 13.8 Å². The Morgan fingerprint density at radius 2 is 1.95 bits per heavy atom. The summed E-state index contributed by atoms with van der Waals surface area (Å²) in [5, 5.41) is 0.0612. The average molecular weight is 294 g/mol. The largest absolute Gasteiger partial charge is 0.378 e. The second kappa shape index (κ2) is 5.16. The van der Waals surface area contributed by atoms with Gasteiger partial charge >= 0.3 is 0 Å². The molecule has 0 aliphatic carbocycles. The topological polar surface area (TPSA) is 78.1 Å². The van der Waals surface area contributed by atoms with Gasteiger partial charge < -0.3 is 9.88 Å². The maximum absolute atomic E-state index is 12.2. The number of rotatable bonds is 4. The van der Waals surface area contributed by atoms with Crippen molar-refractivity contribution in [3.63, 3.8) is 0 Å². The molecule has 0 aliphatic heterocycles. The molecule has 0 saturated carbocycles. The van der Waals surface area contributed by atoms with E-state index in [2.05, 4.69) is 14.7 Å². The first-order valence-electron chi connectivity index (χ1n) is 6.12. The van der Waals surface area contributed by atoms with Crippen molar-refractivity contribution in [2.75, 3.05) is 23.7 Å². The molecule has 2 N–H and O–H groups in total. The van der Waals surface area contributed by atoms with Crippen molar-refractivity contribution in [3.8, 4) is 0 Å². The molecule has 2 aromatic rings. The number of aromatic amines is 1. The number of hydrogen-bond donors (Lipinski definition) is 2. The molecular formula is C13H18N4O2S. The van der Waals surface area contributed by atoms with Gasteiger partial charge in [0, 0.05) is 19.8 Å². The lowest BCUT2D eigenvalue weighted by molar-refractivity contribution is 0.598. The lowest BCUT2D eigenvalue weighted by atomic mass is 10.2. The smallest absolute Gasteiger partial charge is 0.278 e. The van der Waals surface area contributed by atoms with E-state index in [1.54, 1.807) is 13.0 Å². The normalized spacial score (nSPS) is 11.4. The number of aromatic nitrogens is 2. The van der Waals surface area contributed by atoms with Crippen LogP contribution >= 0.6 is 0 Å². The third-order valence-electron chi connectivity index (χ3n) is 2.94. The van der Waals surface area contributed by atoms with Crippen molar-refractivity contribution in [1.82, 2.24) is 9.97 Å². The molecule has 1 aromatic heterocycles. The molecule has 0 atom stereocenters. The highest BCUT2D eigenvalue weighted by molar-refractivity contribution is 7.92. The van der Waals surface area contributed by atoms with Gasteiger partial charge in [-0.1, -0.05) is 0 Å². The van der Waals surface area contributed by atoms with Crippen LogP contribution in [-0.4, -0.2) is 32.5 Å². The van der Waals surface area contributed by atoms with E-state index in [1.165, 1.54) is 6.20 Å². The van der Waals surface area contributed by atoms with Crippen LogP contribution < -0.4 is 9.62 Å². The number of imidazole rings is 1. The van der Waals surface area contributed by atoms with E-state index < -0.39 is 10.0 Å². The van der Waals surface area contributed by atoms with Crippen LogP contribution in [0.5, 0.6) is 0 Å². The lowest BCUT2D eigenvalue weighted by Crippen LogP contribution is -2.15. The molecule has 0 unspecified atom stereocenters. The Kier molecular flexibility index (Phi) is 3.71. The van der Waals surface area contributed by atoms with Crippen molar-refractivity contribution in [2.45, 2.75) is 18.9 Å². The number of aryl methyl sites for hydroxylation is 2. The minimum atomic E-state index is -3.63. The molecule has 6 nitrogen and oxygen atoms in total. The second-order valence-corrected chi connectivity index (χ2v) is 6.48. The molecule has 20 heavy (non-hydrogen) atoms. The maximum atomic E-state index is 12.2. The minimum Gasteiger partial charge on any atom is -0.378 e. The number of nitrogens with one attached hydrogen (secondary N) is 2. The molecule has 0 spiro atoms. The number of H-pyrrole nitrogens is 1. The van der Waals surface area contributed by atoms with Gasteiger partial charge in [-0.15, -0.1) is 0 Å². The predicted molar refractivity (Wildman–Crippen MR) is 79.6 cm³/mol. The highest BCUT2D eigenvalue weighted by Crippen LogP contribution is 2.23. The fourth-order valence-corrected chi connectivity index (χ4v) is 2.88. The van der Waals surface area contributed by atoms with Gasteiger partial charge in [-0.25, -0.2) is 4.98 Å². The molecule has 7 heteroatoms. The van der Waals surface area contributed by atoms with Gasteiger partial charge in [-0.05, 0) is 37.6 Å². The molecule has 108 valence electrons. The first-order chi connectivity index (χ1) is 9.29. The Balaban J connectivity index is 2.30. The summed E-state index contributed by atoms with van der Waals surface area (Å²) in [6, 6.07) is 5.55. The molecule has 0 bridgehead atoms. The van der Waals surface area contributed by atoms with Crippen LogP contribution in [0.1, 0.15) is 11.4 Å². The zero-order valence-corrected chi connectivity index (χ0v) is 12.7. The van der Waals surface area contributed by atoms with E-state index in [0.29, 0.717) is 11.5 Å². The van der Waals surface area contributed by atoms with Crippen LogP contribution in [0.25, 0.3) is 0 Å². The van der Waals surface area contributed by atoms with E-state index in [0.717, 1.165) is 11.3 Å². The van der Waals surface area contributed by atoms with Crippen LogP contribution in [0.2, 0.25) is 0 Å². The molecule has 0 fully saturated rings. The van der Waals surface area contributed by atoms with Crippen LogP contribution in [0.4, 0.5) is 11.4 Å². The summed E-state index contributed by atoms with van der Waals surface area (Å²) in [7, 11) is 0.243. The molecule has 0 amide bonds. The Labute approximate surface area is 118 Å². The molecular weight excluding hydrogens is 276 g/mol. The Morgan fingerprint density at radius 3 is 2.45 bits per heavy atom. The highest BCUT2D eigenvalue weighted by atomic mass is 32.2. The van der Waals surface area contributed by atoms with Crippen molar-refractivity contribution < 1.29 is 8.42 Å². The summed E-state index contributed by atoms with van der Waals surface area (Å²) in [4.78, 5) is 8.58. The van der Waals surface area contributed by atoms with Gasteiger partial charge in [0.15, 0.2) is 5.03 Å². The minimum absolute atomic E-state index is 0.0612. The van der Waals surface area contributed by atoms with Crippen LogP contribution in [-0.2, 0) is 10.0 Å². The summed E-state index contributed by atoms with van der Waals surface area (Å²) in [6.07, 6.45) is 1.31. The van der Waals surface area contributed by atoms with Crippen molar-refractivity contribution in [1.29, 1.82) is 0 Å². The van der Waals surface area contributed by atoms with E-state index in [-0.39, 0.29) is 5.03 Å². The summed E-state index contributed by atoms with van der Waals surface area (Å²) in [5.41, 5.74) is 2.43. The summed E-state index contributed by atoms with van der Waals surface area (Å²) in [6.45, 7) is 3.57. The molecule has 0 radical (unpaired) electrons. The zero-order chi connectivity index (χ0) is 14.9. The van der Waals surface area contributed by atoms with Crippen molar-refractivity contribution in [2.24, 2.45) is 0 Å². The molecule has 0 saturated heterocycles. The quantitative estimate of drug-likeness (QED) is 0.902. The van der Waals surface area contributed by atoms with E-state index in [1.807, 2.05) is 38.1 Å². The monoisotopic (exact) mass is 294 g/mol. The molecule has 0 aliphatic rings. The number of anilines is 2. The van der Waals surface area contributed by atoms with Crippen LogP contribution in [0.15, 0.2) is 29.4 Å². The first kappa shape index (κ1) is 14.4. The zero-order valence-electron chi connectivity index (χ0n) is 11.9. The Bertz CT molecular complexity index is 720. The van der Waals surface area contributed by atoms with Gasteiger partial charge in [0.25, 0.3) is 10.0 Å². The third kappa shape index (κ3) is 2.93. The second-order valence-electron chi connectivity index (χ2n) is 4.83. The summed E-state index contributed by atoms with van der Waals surface area (Å²) < 4.78 is 27.0. The van der Waals surface area contributed by atoms with Crippen LogP contribution in [0.3, 0.4) is 0 Å². The molecule has 1 aromatic carbocycles. The summed E-state index contributed by atoms with van der Waals surface area (Å²) in [5.74, 6) is 0.560. The van der Waals surface area contributed by atoms with Gasteiger partial charge in [0.1, 0.15) is 5.82 Å². The van der Waals surface area contributed by atoms with Gasteiger partial charge in [-0.3, -0.25) is 4.72 Å². The molecule has 1 heterocycles. The molecule has 2 rings (SSSR count). The SMILES string of the molecule is Cc1ncc(S(=O)(=O)Nc2ccc(N(C)C)cc2C)[nH]1. The third-order valence-corrected chi connectivity index (χ3v) is 4.21. The number of nitrogens with zero attached hydrogens (tertiary/aromatic N) is 2. The average Bonchev–Trinajstić information content (AvgIpc) is 2.79. The van der Waals surface area contributed by atoms with Gasteiger partial charge in [-0.2, -0.15) is 8.42 Å². The van der Waals surface area contributed by atoms with Gasteiger partial charge in [0.2, 0.25) is 0 Å². The van der Waals surface area contributed by atoms with E-state index in [4.69, 9.17) is 0 Å². The van der Waals surface area contributed by atoms with Gasteiger partial charge in [0.05, 0.1) is 11.9 Å². The van der Waals surface area contributed by atoms with Crippen molar-refractivity contribution >= 4 is 21.4 Å². The van der Waals surface area contributed by atoms with Crippen molar-refractivity contribution in [3.05, 3.63) is 35.8 Å². The standard InChI is InChI=1S/C13H18N4O2S/c1-9-7-11(17(3)4)5-6-12(9)16-20(18,19)13-8-14-10(2)15-13/h5-8,16H,1-4H3,(H,14,15). The number of sulfonamides is 1. The first-order valence-corrected chi connectivity index (χ1v) is 7.60. The van der Waals surface area contributed by atoms with E-state index >= 15 is 0 Å². The summed E-state index contributed by atoms with van der Waals surface area (Å²) >= 11 is 0. The number of hydrogen-bond acceptors (Lipinski definition) is 4.